The van der Waals surface area contributed by atoms with Crippen LogP contribution in [-0.4, -0.2) is 17.5 Å². The van der Waals surface area contributed by atoms with Crippen LogP contribution in [0.2, 0.25) is 0 Å². The molecule has 2 aromatic carbocycles. The molecule has 5 aromatic rings. The molecule has 0 saturated carbocycles. The number of halogens is 1. The predicted octanol–water partition coefficient (Wildman–Crippen LogP) is 2.29. The van der Waals surface area contributed by atoms with E-state index < -0.39 is 0 Å². The van der Waals surface area contributed by atoms with E-state index in [9.17, 15) is 0 Å². The summed E-state index contributed by atoms with van der Waals surface area (Å²) >= 11 is 0. The lowest BCUT2D eigenvalue weighted by atomic mass is 10.1. The van der Waals surface area contributed by atoms with Crippen molar-refractivity contribution in [3.8, 4) is 0 Å². The Morgan fingerprint density at radius 2 is 1.62 bits per heavy atom. The van der Waals surface area contributed by atoms with Gasteiger partial charge in [-0.1, -0.05) is 11.6 Å². The molecule has 4 heterocycles. The van der Waals surface area contributed by atoms with Crippen molar-refractivity contribution in [2.24, 2.45) is 0 Å². The summed E-state index contributed by atoms with van der Waals surface area (Å²) in [5.74, 6) is 0. The van der Waals surface area contributed by atoms with E-state index in [1.165, 1.54) is 76.6 Å². The molecule has 0 aliphatic carbocycles. The van der Waals surface area contributed by atoms with E-state index in [0.29, 0.717) is 0 Å². The second kappa shape index (κ2) is 7.17. The third-order valence-electron chi connectivity index (χ3n) is 6.26. The Morgan fingerprint density at radius 1 is 0.793 bits per heavy atom. The molecule has 3 nitrogen and oxygen atoms in total. The molecule has 0 N–H and O–H groups in total. The van der Waals surface area contributed by atoms with Gasteiger partial charge in [-0.3, -0.25) is 0 Å². The first-order chi connectivity index (χ1) is 13.8. The highest BCUT2D eigenvalue weighted by molar-refractivity contribution is 5.88. The molecule has 0 bridgehead atoms. The van der Waals surface area contributed by atoms with Crippen molar-refractivity contribution in [1.82, 2.24) is 4.40 Å². The zero-order chi connectivity index (χ0) is 18.7. The summed E-state index contributed by atoms with van der Waals surface area (Å²) < 4.78 is 4.71. The normalized spacial score (nSPS) is 14.7. The molecule has 1 saturated heterocycles. The Balaban J connectivity index is 0.00000181. The molecule has 1 aliphatic heterocycles. The number of aromatic nitrogens is 2. The SMILES string of the molecule is Cc1ccc2c(ccc3n4c(ccc5cc(N6CCCCC6)ccc54)c[n+]23)c1.[I-]. The predicted molar refractivity (Wildman–Crippen MR) is 116 cm³/mol. The van der Waals surface area contributed by atoms with Crippen LogP contribution in [0.1, 0.15) is 24.8 Å². The molecule has 0 unspecified atom stereocenters. The fraction of sp³-hybridized carbons (Fsp3) is 0.240. The summed E-state index contributed by atoms with van der Waals surface area (Å²) in [4.78, 5) is 2.53. The fourth-order valence-electron chi connectivity index (χ4n) is 4.82. The molecule has 146 valence electrons. The molecule has 0 spiro atoms. The number of anilines is 1. The van der Waals surface area contributed by atoms with Crippen LogP contribution < -0.4 is 33.3 Å². The lowest BCUT2D eigenvalue weighted by Gasteiger charge is -2.28. The summed E-state index contributed by atoms with van der Waals surface area (Å²) in [6, 6.07) is 22.6. The lowest BCUT2D eigenvalue weighted by molar-refractivity contribution is -0.479. The van der Waals surface area contributed by atoms with Crippen LogP contribution in [0.5, 0.6) is 0 Å². The van der Waals surface area contributed by atoms with Gasteiger partial charge in [0.15, 0.2) is 5.52 Å². The Morgan fingerprint density at radius 3 is 2.48 bits per heavy atom. The summed E-state index contributed by atoms with van der Waals surface area (Å²) in [5, 5.41) is 2.59. The molecule has 0 radical (unpaired) electrons. The van der Waals surface area contributed by atoms with E-state index in [1.807, 2.05) is 0 Å². The molecule has 0 atom stereocenters. The minimum atomic E-state index is 0. The van der Waals surface area contributed by atoms with Gasteiger partial charge >= 0.3 is 0 Å². The first-order valence-electron chi connectivity index (χ1n) is 10.3. The maximum Gasteiger partial charge on any atom is 0.292 e. The van der Waals surface area contributed by atoms with Crippen LogP contribution in [0, 0.1) is 6.92 Å². The molecule has 29 heavy (non-hydrogen) atoms. The number of pyridine rings is 2. The number of hydrogen-bond donors (Lipinski definition) is 0. The summed E-state index contributed by atoms with van der Waals surface area (Å²) in [6.07, 6.45) is 6.24. The topological polar surface area (TPSA) is 11.8 Å². The van der Waals surface area contributed by atoms with Crippen LogP contribution in [0.3, 0.4) is 0 Å². The Labute approximate surface area is 187 Å². The van der Waals surface area contributed by atoms with Crippen LogP contribution in [0.25, 0.3) is 33.0 Å². The average molecular weight is 493 g/mol. The Kier molecular flexibility index (Phi) is 4.62. The van der Waals surface area contributed by atoms with Crippen molar-refractivity contribution in [1.29, 1.82) is 0 Å². The Bertz CT molecular complexity index is 1360. The van der Waals surface area contributed by atoms with Crippen LogP contribution in [0.4, 0.5) is 5.69 Å². The summed E-state index contributed by atoms with van der Waals surface area (Å²) in [6.45, 7) is 4.51. The van der Waals surface area contributed by atoms with Gasteiger partial charge in [0.2, 0.25) is 0 Å². The number of hydrogen-bond acceptors (Lipinski definition) is 1. The third kappa shape index (κ3) is 2.96. The smallest absolute Gasteiger partial charge is 0.292 e. The van der Waals surface area contributed by atoms with Gasteiger partial charge in [0.1, 0.15) is 17.2 Å². The summed E-state index contributed by atoms with van der Waals surface area (Å²) in [5.41, 5.74) is 7.62. The van der Waals surface area contributed by atoms with Gasteiger partial charge in [-0.05, 0) is 74.7 Å². The number of benzene rings is 2. The highest BCUT2D eigenvalue weighted by Crippen LogP contribution is 2.27. The molecule has 1 aliphatic rings. The first-order valence-corrected chi connectivity index (χ1v) is 10.3. The van der Waals surface area contributed by atoms with Gasteiger partial charge in [0, 0.05) is 35.6 Å². The second-order valence-corrected chi connectivity index (χ2v) is 8.14. The standard InChI is InChI=1S/C25H24N3.HI/c1-18-5-10-23-19(15-18)7-12-25-27(23)17-22-8-6-20-16-21(9-11-24(20)28(22)25)26-13-3-2-4-14-26;/h5-12,15-17H,2-4,13-14H2,1H3;1H/q+1;/p-1. The van der Waals surface area contributed by atoms with Crippen LogP contribution in [-0.2, 0) is 0 Å². The van der Waals surface area contributed by atoms with E-state index in [0.717, 1.165) is 0 Å². The number of aryl methyl sites for hydroxylation is 1. The molecular weight excluding hydrogens is 469 g/mol. The van der Waals surface area contributed by atoms with Gasteiger partial charge < -0.3 is 28.9 Å². The van der Waals surface area contributed by atoms with Crippen molar-refractivity contribution in [2.45, 2.75) is 26.2 Å². The van der Waals surface area contributed by atoms with Crippen molar-refractivity contribution in [3.05, 3.63) is 72.4 Å². The van der Waals surface area contributed by atoms with Crippen LogP contribution >= 0.6 is 0 Å². The minimum Gasteiger partial charge on any atom is -1.00 e. The highest BCUT2D eigenvalue weighted by Gasteiger charge is 2.18. The monoisotopic (exact) mass is 493 g/mol. The van der Waals surface area contributed by atoms with Gasteiger partial charge in [-0.15, -0.1) is 0 Å². The van der Waals surface area contributed by atoms with Gasteiger partial charge in [0.25, 0.3) is 5.65 Å². The molecule has 1 fully saturated rings. The van der Waals surface area contributed by atoms with E-state index in [2.05, 4.69) is 87.5 Å². The lowest BCUT2D eigenvalue weighted by Crippen LogP contribution is -3.00. The van der Waals surface area contributed by atoms with Gasteiger partial charge in [0.05, 0.1) is 0 Å². The molecular formula is C25H24IN3. The van der Waals surface area contributed by atoms with Crippen molar-refractivity contribution < 1.29 is 28.4 Å². The van der Waals surface area contributed by atoms with E-state index in [-0.39, 0.29) is 24.0 Å². The van der Waals surface area contributed by atoms with Gasteiger partial charge in [-0.2, -0.15) is 8.80 Å². The number of piperidine rings is 1. The van der Waals surface area contributed by atoms with E-state index >= 15 is 0 Å². The first kappa shape index (κ1) is 18.7. The average Bonchev–Trinajstić information content (AvgIpc) is 3.13. The number of imidazole rings is 1. The molecule has 6 rings (SSSR count). The second-order valence-electron chi connectivity index (χ2n) is 8.14. The highest BCUT2D eigenvalue weighted by atomic mass is 127. The minimum absolute atomic E-state index is 0. The molecule has 3 aromatic heterocycles. The molecule has 4 heteroatoms. The number of rotatable bonds is 1. The van der Waals surface area contributed by atoms with Crippen molar-refractivity contribution >= 4 is 38.7 Å². The van der Waals surface area contributed by atoms with Crippen LogP contribution in [0.15, 0.2) is 66.9 Å². The quantitative estimate of drug-likeness (QED) is 0.258. The zero-order valence-corrected chi connectivity index (χ0v) is 18.8. The fourth-order valence-corrected chi connectivity index (χ4v) is 4.82. The Hall–Kier alpha value is -2.34. The van der Waals surface area contributed by atoms with E-state index in [4.69, 9.17) is 0 Å². The zero-order valence-electron chi connectivity index (χ0n) is 16.6. The third-order valence-corrected chi connectivity index (χ3v) is 6.26. The number of fused-ring (bicyclic) bond motifs is 7. The van der Waals surface area contributed by atoms with E-state index in [1.54, 1.807) is 0 Å². The summed E-state index contributed by atoms with van der Waals surface area (Å²) in [7, 11) is 0. The maximum absolute atomic E-state index is 2.53. The van der Waals surface area contributed by atoms with Crippen molar-refractivity contribution in [3.63, 3.8) is 0 Å². The van der Waals surface area contributed by atoms with Crippen molar-refractivity contribution in [2.75, 3.05) is 18.0 Å². The largest absolute Gasteiger partial charge is 1.00 e. The number of nitrogens with zero attached hydrogens (tertiary/aromatic N) is 3. The molecule has 0 amide bonds. The maximum atomic E-state index is 2.53. The van der Waals surface area contributed by atoms with Gasteiger partial charge in [-0.25, -0.2) is 0 Å².